The molecule has 2 fully saturated rings. The lowest BCUT2D eigenvalue weighted by molar-refractivity contribution is -0.124. The van der Waals surface area contributed by atoms with Crippen molar-refractivity contribution in [2.45, 2.75) is 43.7 Å². The number of halogens is 3. The topological polar surface area (TPSA) is 32.3 Å². The lowest BCUT2D eigenvalue weighted by Gasteiger charge is -2.33. The lowest BCUT2D eigenvalue weighted by atomic mass is 9.93. The van der Waals surface area contributed by atoms with Gasteiger partial charge in [-0.2, -0.15) is 0 Å². The smallest absolute Gasteiger partial charge is 0.230 e. The second-order valence-electron chi connectivity index (χ2n) is 7.86. The van der Waals surface area contributed by atoms with Crippen molar-refractivity contribution in [1.82, 2.24) is 10.2 Å². The van der Waals surface area contributed by atoms with E-state index in [-0.39, 0.29) is 11.9 Å². The summed E-state index contributed by atoms with van der Waals surface area (Å²) in [6.07, 6.45) is 3.41. The number of rotatable bonds is 5. The number of carbonyl (C=O) groups is 1. The van der Waals surface area contributed by atoms with Crippen molar-refractivity contribution < 1.29 is 13.6 Å². The minimum Gasteiger partial charge on any atom is -0.353 e. The SMILES string of the molecule is O=C(NC1CCN(Cc2ccc(F)c(F)c2)CC1)C1(c2cccc(Cl)c2)CC1. The third-order valence-corrected chi connectivity index (χ3v) is 6.11. The standard InChI is InChI=1S/C22H23ClF2N2O/c23-17-3-1-2-16(13-17)22(8-9-22)21(28)26-18-6-10-27(11-7-18)14-15-4-5-19(24)20(25)12-15/h1-5,12-13,18H,6-11,14H2,(H,26,28). The van der Waals surface area contributed by atoms with Gasteiger partial charge in [0.15, 0.2) is 11.6 Å². The minimum absolute atomic E-state index is 0.0915. The Balaban J connectivity index is 1.31. The normalized spacial score (nSPS) is 19.4. The van der Waals surface area contributed by atoms with Gasteiger partial charge in [-0.3, -0.25) is 9.69 Å². The van der Waals surface area contributed by atoms with E-state index in [1.54, 1.807) is 6.07 Å². The summed E-state index contributed by atoms with van der Waals surface area (Å²) in [5, 5.41) is 3.88. The van der Waals surface area contributed by atoms with Gasteiger partial charge in [-0.05, 0) is 61.1 Å². The first-order valence-electron chi connectivity index (χ1n) is 9.69. The van der Waals surface area contributed by atoms with Crippen LogP contribution < -0.4 is 5.32 Å². The molecule has 1 amide bonds. The molecule has 1 heterocycles. The van der Waals surface area contributed by atoms with Crippen LogP contribution >= 0.6 is 11.6 Å². The molecule has 0 aromatic heterocycles. The molecule has 1 saturated carbocycles. The fraction of sp³-hybridized carbons (Fsp3) is 0.409. The van der Waals surface area contributed by atoms with E-state index in [1.807, 2.05) is 24.3 Å². The molecule has 0 atom stereocenters. The molecule has 3 nitrogen and oxygen atoms in total. The highest BCUT2D eigenvalue weighted by atomic mass is 35.5. The quantitative estimate of drug-likeness (QED) is 0.799. The first-order valence-corrected chi connectivity index (χ1v) is 10.1. The highest BCUT2D eigenvalue weighted by Crippen LogP contribution is 2.49. The summed E-state index contributed by atoms with van der Waals surface area (Å²) in [6.45, 7) is 2.21. The number of benzene rings is 2. The summed E-state index contributed by atoms with van der Waals surface area (Å²) in [4.78, 5) is 15.1. The van der Waals surface area contributed by atoms with E-state index >= 15 is 0 Å². The van der Waals surface area contributed by atoms with Crippen molar-refractivity contribution in [3.63, 3.8) is 0 Å². The van der Waals surface area contributed by atoms with Crippen LogP contribution in [0.4, 0.5) is 8.78 Å². The molecule has 2 aliphatic rings. The molecule has 28 heavy (non-hydrogen) atoms. The van der Waals surface area contributed by atoms with Crippen LogP contribution in [-0.4, -0.2) is 29.9 Å². The van der Waals surface area contributed by atoms with Gasteiger partial charge in [0.1, 0.15) is 0 Å². The van der Waals surface area contributed by atoms with Gasteiger partial charge >= 0.3 is 0 Å². The Kier molecular flexibility index (Phi) is 5.39. The van der Waals surface area contributed by atoms with Gasteiger partial charge in [-0.25, -0.2) is 8.78 Å². The summed E-state index contributed by atoms with van der Waals surface area (Å²) in [5.41, 5.74) is 1.33. The van der Waals surface area contributed by atoms with E-state index in [0.717, 1.165) is 49.9 Å². The monoisotopic (exact) mass is 404 g/mol. The highest BCUT2D eigenvalue weighted by molar-refractivity contribution is 6.30. The van der Waals surface area contributed by atoms with Crippen LogP contribution in [-0.2, 0) is 16.8 Å². The van der Waals surface area contributed by atoms with Crippen LogP contribution in [0.2, 0.25) is 5.02 Å². The van der Waals surface area contributed by atoms with Crippen LogP contribution in [0.1, 0.15) is 36.8 Å². The molecule has 1 saturated heterocycles. The molecule has 2 aromatic carbocycles. The van der Waals surface area contributed by atoms with Crippen molar-refractivity contribution in [2.75, 3.05) is 13.1 Å². The van der Waals surface area contributed by atoms with Gasteiger partial charge in [-0.15, -0.1) is 0 Å². The number of carbonyl (C=O) groups excluding carboxylic acids is 1. The molecule has 2 aromatic rings. The Morgan fingerprint density at radius 1 is 1.11 bits per heavy atom. The number of nitrogens with zero attached hydrogens (tertiary/aromatic N) is 1. The van der Waals surface area contributed by atoms with Crippen molar-refractivity contribution in [3.8, 4) is 0 Å². The molecule has 6 heteroatoms. The molecule has 148 valence electrons. The average Bonchev–Trinajstić information content (AvgIpc) is 3.48. The van der Waals surface area contributed by atoms with E-state index in [1.165, 1.54) is 12.1 Å². The molecule has 0 unspecified atom stereocenters. The zero-order valence-electron chi connectivity index (χ0n) is 15.6. The largest absolute Gasteiger partial charge is 0.353 e. The first kappa shape index (κ1) is 19.3. The molecule has 0 spiro atoms. The highest BCUT2D eigenvalue weighted by Gasteiger charge is 2.51. The van der Waals surface area contributed by atoms with Gasteiger partial charge < -0.3 is 5.32 Å². The van der Waals surface area contributed by atoms with Crippen molar-refractivity contribution in [1.29, 1.82) is 0 Å². The predicted octanol–water partition coefficient (Wildman–Crippen LogP) is 4.43. The molecule has 1 N–H and O–H groups in total. The fourth-order valence-electron chi connectivity index (χ4n) is 4.01. The van der Waals surface area contributed by atoms with Crippen LogP contribution in [0.3, 0.4) is 0 Å². The van der Waals surface area contributed by atoms with Crippen LogP contribution in [0.5, 0.6) is 0 Å². The molecular weight excluding hydrogens is 382 g/mol. The second-order valence-corrected chi connectivity index (χ2v) is 8.30. The summed E-state index contributed by atoms with van der Waals surface area (Å²) in [7, 11) is 0. The number of likely N-dealkylation sites (tertiary alicyclic amines) is 1. The van der Waals surface area contributed by atoms with Gasteiger partial charge in [0.2, 0.25) is 5.91 Å². The number of amides is 1. The van der Waals surface area contributed by atoms with Gasteiger partial charge in [0.25, 0.3) is 0 Å². The minimum atomic E-state index is -0.820. The van der Waals surface area contributed by atoms with Crippen molar-refractivity contribution in [2.24, 2.45) is 0 Å². The van der Waals surface area contributed by atoms with E-state index in [2.05, 4.69) is 10.2 Å². The maximum atomic E-state index is 13.4. The maximum Gasteiger partial charge on any atom is 0.230 e. The summed E-state index contributed by atoms with van der Waals surface area (Å²) >= 11 is 6.09. The number of piperidine rings is 1. The van der Waals surface area contributed by atoms with E-state index in [4.69, 9.17) is 11.6 Å². The number of hydrogen-bond donors (Lipinski definition) is 1. The number of hydrogen-bond acceptors (Lipinski definition) is 2. The van der Waals surface area contributed by atoms with Crippen LogP contribution in [0.15, 0.2) is 42.5 Å². The molecule has 0 bridgehead atoms. The Morgan fingerprint density at radius 2 is 1.86 bits per heavy atom. The zero-order valence-corrected chi connectivity index (χ0v) is 16.3. The van der Waals surface area contributed by atoms with E-state index in [9.17, 15) is 13.6 Å². The summed E-state index contributed by atoms with van der Waals surface area (Å²) in [6, 6.07) is 11.8. The van der Waals surface area contributed by atoms with Gasteiger partial charge in [0, 0.05) is 30.7 Å². The lowest BCUT2D eigenvalue weighted by Crippen LogP contribution is -2.47. The Hall–Kier alpha value is -1.98. The van der Waals surface area contributed by atoms with Crippen molar-refractivity contribution >= 4 is 17.5 Å². The zero-order chi connectivity index (χ0) is 19.7. The molecule has 4 rings (SSSR count). The predicted molar refractivity (Wildman–Crippen MR) is 105 cm³/mol. The Morgan fingerprint density at radius 3 is 2.50 bits per heavy atom. The average molecular weight is 405 g/mol. The summed E-state index contributed by atoms with van der Waals surface area (Å²) < 4.78 is 26.4. The second kappa shape index (κ2) is 7.80. The number of nitrogens with one attached hydrogen (secondary N) is 1. The molecule has 0 radical (unpaired) electrons. The van der Waals surface area contributed by atoms with Crippen molar-refractivity contribution in [3.05, 3.63) is 70.2 Å². The fourth-order valence-corrected chi connectivity index (χ4v) is 4.20. The van der Waals surface area contributed by atoms with Gasteiger partial charge in [-0.1, -0.05) is 29.8 Å². The van der Waals surface area contributed by atoms with Crippen LogP contribution in [0.25, 0.3) is 0 Å². The summed E-state index contributed by atoms with van der Waals surface area (Å²) in [5.74, 6) is -1.54. The third kappa shape index (κ3) is 4.06. The molecule has 1 aliphatic carbocycles. The van der Waals surface area contributed by atoms with E-state index < -0.39 is 17.0 Å². The maximum absolute atomic E-state index is 13.4. The Labute approximate surface area is 168 Å². The first-order chi connectivity index (χ1) is 13.5. The Bertz CT molecular complexity index is 877. The molecular formula is C22H23ClF2N2O. The van der Waals surface area contributed by atoms with E-state index in [0.29, 0.717) is 11.6 Å². The van der Waals surface area contributed by atoms with Gasteiger partial charge in [0.05, 0.1) is 5.41 Å². The van der Waals surface area contributed by atoms with Crippen LogP contribution in [0, 0.1) is 11.6 Å². The molecule has 1 aliphatic heterocycles. The third-order valence-electron chi connectivity index (χ3n) is 5.87.